The van der Waals surface area contributed by atoms with E-state index in [1.54, 1.807) is 0 Å². The van der Waals surface area contributed by atoms with E-state index in [1.165, 1.54) is 24.3 Å². The van der Waals surface area contributed by atoms with Crippen LogP contribution in [0.25, 0.3) is 0 Å². The van der Waals surface area contributed by atoms with Gasteiger partial charge in [-0.15, -0.1) is 0 Å². The van der Waals surface area contributed by atoms with Crippen molar-refractivity contribution in [1.82, 2.24) is 29.2 Å². The van der Waals surface area contributed by atoms with Crippen molar-refractivity contribution in [3.05, 3.63) is 24.3 Å². The highest BCUT2D eigenvalue weighted by Gasteiger charge is 2.83. The smallest absolute Gasteiger partial charge is 0.305 e. The molecule has 0 N–H and O–H groups in total. The molecule has 19 heteroatoms. The largest absolute Gasteiger partial charge is 0.411 e. The maximum Gasteiger partial charge on any atom is 0.411 e. The second-order valence-electron chi connectivity index (χ2n) is 14.9. The van der Waals surface area contributed by atoms with Crippen LogP contribution in [0.5, 0.6) is 0 Å². The number of β-lactam (4-membered cyclic amide) rings is 8. The summed E-state index contributed by atoms with van der Waals surface area (Å²) < 4.78 is 0. The molecular weight excluding hydrogens is 791 g/mol. The standard InChI is InChI=1S/C34H32BN6O12.4C2H6/c42-21-9-10-22(43)36(21)13-17-5-1-3-7-19(17)15-38-25(46)33(26(38)47)29(50)40(30(33)51)35-41-31(52)34(32(41)53)27(48)39(28(34)49)16-20-8-4-2-6-18(20)14-37-23(44)11-12-24(37)45;4*1-2/h9-12,17-20H,1-8,13-16H2;4*1-2H3. The SMILES string of the molecule is CC.CC.CC.CC.O=C1C=CC(=O)N1CC1CCCCC1CN1C(=O)C2(C(=O)N([B]N3C(=O)C4(C3=O)C(=O)N(CC3CCCCC3CN3C(=O)C=CC3=O)C4=O)C2=O)C1=O. The van der Waals surface area contributed by atoms with E-state index >= 15 is 0 Å². The van der Waals surface area contributed by atoms with Crippen molar-refractivity contribution in [3.8, 4) is 0 Å². The van der Waals surface area contributed by atoms with E-state index in [-0.39, 0.29) is 59.5 Å². The van der Waals surface area contributed by atoms with Crippen LogP contribution in [0.15, 0.2) is 24.3 Å². The Balaban J connectivity index is 0.000000969. The first-order chi connectivity index (χ1) is 29.3. The van der Waals surface area contributed by atoms with Crippen LogP contribution in [0.4, 0.5) is 0 Å². The van der Waals surface area contributed by atoms with Crippen LogP contribution in [-0.2, 0) is 57.5 Å². The summed E-state index contributed by atoms with van der Waals surface area (Å²) in [6.07, 6.45) is 10.3. The second kappa shape index (κ2) is 19.4. The molecule has 12 amide bonds. The molecule has 18 nitrogen and oxygen atoms in total. The van der Waals surface area contributed by atoms with Gasteiger partial charge in [0, 0.05) is 50.5 Å². The number of hydrogen-bond donors (Lipinski definition) is 0. The molecule has 8 aliphatic rings. The molecule has 6 heterocycles. The Morgan fingerprint density at radius 1 is 0.377 bits per heavy atom. The highest BCUT2D eigenvalue weighted by Crippen LogP contribution is 2.49. The minimum atomic E-state index is -2.66. The van der Waals surface area contributed by atoms with Crippen molar-refractivity contribution >= 4 is 78.4 Å². The third-order valence-electron chi connectivity index (χ3n) is 12.3. The molecule has 61 heavy (non-hydrogen) atoms. The number of hydrogen-bond acceptors (Lipinski definition) is 12. The molecule has 4 saturated heterocycles. The number of rotatable bonds is 10. The molecule has 0 aromatic heterocycles. The minimum absolute atomic E-state index is 0.0987. The summed E-state index contributed by atoms with van der Waals surface area (Å²) in [4.78, 5) is 159. The molecule has 2 saturated carbocycles. The molecular formula is C42H56BN6O12. The van der Waals surface area contributed by atoms with E-state index in [0.29, 0.717) is 33.2 Å². The molecule has 4 atom stereocenters. The second-order valence-corrected chi connectivity index (χ2v) is 14.9. The first-order valence-corrected chi connectivity index (χ1v) is 21.7. The molecule has 2 aliphatic carbocycles. The fourth-order valence-electron chi connectivity index (χ4n) is 9.13. The van der Waals surface area contributed by atoms with Crippen molar-refractivity contribution in [2.75, 3.05) is 26.2 Å². The van der Waals surface area contributed by atoms with Gasteiger partial charge in [-0.2, -0.15) is 0 Å². The molecule has 6 aliphatic heterocycles. The predicted octanol–water partition coefficient (Wildman–Crippen LogP) is 1.54. The fourth-order valence-corrected chi connectivity index (χ4v) is 9.13. The van der Waals surface area contributed by atoms with Gasteiger partial charge in [0.05, 0.1) is 0 Å². The van der Waals surface area contributed by atoms with Gasteiger partial charge in [-0.05, 0) is 49.4 Å². The lowest BCUT2D eigenvalue weighted by molar-refractivity contribution is -0.196. The Bertz CT molecular complexity index is 1720. The van der Waals surface area contributed by atoms with E-state index in [0.717, 1.165) is 45.3 Å². The highest BCUT2D eigenvalue weighted by molar-refractivity contribution is 6.67. The van der Waals surface area contributed by atoms with Crippen LogP contribution in [0.3, 0.4) is 0 Å². The topological polar surface area (TPSA) is 224 Å². The maximum atomic E-state index is 13.3. The molecule has 1 radical (unpaired) electrons. The van der Waals surface area contributed by atoms with Crippen LogP contribution in [-0.4, -0.2) is 134 Å². The lowest BCUT2D eigenvalue weighted by Gasteiger charge is -2.57. The van der Waals surface area contributed by atoms with Crippen LogP contribution in [0.2, 0.25) is 0 Å². The van der Waals surface area contributed by atoms with Crippen molar-refractivity contribution in [2.45, 2.75) is 107 Å². The van der Waals surface area contributed by atoms with Crippen molar-refractivity contribution in [2.24, 2.45) is 34.5 Å². The molecule has 6 fully saturated rings. The monoisotopic (exact) mass is 847 g/mol. The summed E-state index contributed by atoms with van der Waals surface area (Å²) in [6.45, 7) is 15.9. The summed E-state index contributed by atoms with van der Waals surface area (Å²) >= 11 is 0. The van der Waals surface area contributed by atoms with Gasteiger partial charge in [-0.25, -0.2) is 0 Å². The van der Waals surface area contributed by atoms with Crippen molar-refractivity contribution < 1.29 is 57.5 Å². The normalized spacial score (nSPS) is 26.8. The summed E-state index contributed by atoms with van der Waals surface area (Å²) in [7, 11) is 0.489. The number of imide groups is 6. The average molecular weight is 848 g/mol. The Morgan fingerprint density at radius 3 is 0.820 bits per heavy atom. The van der Waals surface area contributed by atoms with Gasteiger partial charge in [-0.1, -0.05) is 81.1 Å². The van der Waals surface area contributed by atoms with Gasteiger partial charge in [0.15, 0.2) is 0 Å². The number of likely N-dealkylation sites (tertiary alicyclic amines) is 2. The van der Waals surface area contributed by atoms with Gasteiger partial charge < -0.3 is 9.62 Å². The molecule has 2 spiro atoms. The van der Waals surface area contributed by atoms with Gasteiger partial charge in [0.25, 0.3) is 81.7 Å². The fraction of sp³-hybridized carbons (Fsp3) is 0.619. The zero-order valence-electron chi connectivity index (χ0n) is 36.3. The Labute approximate surface area is 356 Å². The van der Waals surface area contributed by atoms with Crippen LogP contribution >= 0.6 is 0 Å². The number of amides is 12. The first kappa shape index (κ1) is 48.1. The minimum Gasteiger partial charge on any atom is -0.305 e. The number of carbonyl (C=O) groups is 12. The Morgan fingerprint density at radius 2 is 0.590 bits per heavy atom. The van der Waals surface area contributed by atoms with Gasteiger partial charge >= 0.3 is 7.55 Å². The zero-order valence-corrected chi connectivity index (χ0v) is 36.3. The highest BCUT2D eigenvalue weighted by atomic mass is 16.2. The Hall–Kier alpha value is -5.62. The van der Waals surface area contributed by atoms with Gasteiger partial charge in [0.2, 0.25) is 0 Å². The van der Waals surface area contributed by atoms with Crippen molar-refractivity contribution in [1.29, 1.82) is 0 Å². The first-order valence-electron chi connectivity index (χ1n) is 21.7. The van der Waals surface area contributed by atoms with E-state index in [4.69, 9.17) is 0 Å². The molecule has 329 valence electrons. The molecule has 4 unspecified atom stereocenters. The van der Waals surface area contributed by atoms with Gasteiger partial charge in [0.1, 0.15) is 0 Å². The van der Waals surface area contributed by atoms with Crippen molar-refractivity contribution in [3.63, 3.8) is 0 Å². The third-order valence-corrected chi connectivity index (χ3v) is 12.3. The van der Waals surface area contributed by atoms with Crippen LogP contribution < -0.4 is 0 Å². The molecule has 0 bridgehead atoms. The van der Waals surface area contributed by atoms with Crippen LogP contribution in [0.1, 0.15) is 107 Å². The van der Waals surface area contributed by atoms with E-state index in [9.17, 15) is 57.5 Å². The predicted molar refractivity (Wildman–Crippen MR) is 216 cm³/mol. The Kier molecular flexibility index (Phi) is 15.3. The lowest BCUT2D eigenvalue weighted by Crippen LogP contribution is -2.89. The van der Waals surface area contributed by atoms with E-state index < -0.39 is 81.7 Å². The summed E-state index contributed by atoms with van der Waals surface area (Å²) in [6, 6.07) is 0. The third kappa shape index (κ3) is 7.36. The quantitative estimate of drug-likeness (QED) is 0.132. The molecule has 0 aromatic rings. The van der Waals surface area contributed by atoms with Crippen LogP contribution in [0, 0.1) is 34.5 Å². The molecule has 8 rings (SSSR count). The van der Waals surface area contributed by atoms with E-state index in [1.807, 2.05) is 55.4 Å². The zero-order chi connectivity index (χ0) is 45.7. The van der Waals surface area contributed by atoms with E-state index in [2.05, 4.69) is 0 Å². The summed E-state index contributed by atoms with van der Waals surface area (Å²) in [5.74, 6) is -12.2. The van der Waals surface area contributed by atoms with Gasteiger partial charge in [-0.3, -0.25) is 77.1 Å². The number of carbonyl (C=O) groups excluding carboxylic acids is 12. The maximum absolute atomic E-state index is 13.3. The molecule has 0 aromatic carbocycles. The lowest BCUT2D eigenvalue weighted by atomic mass is 9.62. The summed E-state index contributed by atoms with van der Waals surface area (Å²) in [5.41, 5.74) is -5.31. The number of nitrogens with zero attached hydrogens (tertiary/aromatic N) is 6. The average Bonchev–Trinajstić information content (AvgIpc) is 3.79. The summed E-state index contributed by atoms with van der Waals surface area (Å²) in [5, 5.41) is 0.